The molecule has 1 atom stereocenters. The van der Waals surface area contributed by atoms with Crippen LogP contribution in [-0.4, -0.2) is 43.7 Å². The summed E-state index contributed by atoms with van der Waals surface area (Å²) in [6.45, 7) is 2.60. The van der Waals surface area contributed by atoms with Gasteiger partial charge in [-0.2, -0.15) is 0 Å². The second kappa shape index (κ2) is 6.36. The van der Waals surface area contributed by atoms with Crippen LogP contribution in [-0.2, 0) is 10.0 Å². The summed E-state index contributed by atoms with van der Waals surface area (Å²) in [6.07, 6.45) is 2.20. The maximum atomic E-state index is 11.8. The summed E-state index contributed by atoms with van der Waals surface area (Å²) in [4.78, 5) is 4.23. The summed E-state index contributed by atoms with van der Waals surface area (Å²) in [5, 5.41) is 3.09. The molecule has 0 aliphatic heterocycles. The highest BCUT2D eigenvalue weighted by molar-refractivity contribution is 7.89. The predicted molar refractivity (Wildman–Crippen MR) is 73.5 cm³/mol. The van der Waals surface area contributed by atoms with Crippen molar-refractivity contribution >= 4 is 27.4 Å². The third-order valence-electron chi connectivity index (χ3n) is 2.46. The largest absolute Gasteiger partial charge is 0.369 e. The lowest BCUT2D eigenvalue weighted by molar-refractivity contribution is 0.520. The van der Waals surface area contributed by atoms with Crippen LogP contribution in [0.5, 0.6) is 0 Å². The highest BCUT2D eigenvalue weighted by Gasteiger charge is 2.17. The van der Waals surface area contributed by atoms with E-state index in [9.17, 15) is 8.42 Å². The van der Waals surface area contributed by atoms with Crippen molar-refractivity contribution in [2.75, 3.05) is 26.0 Å². The lowest BCUT2D eigenvalue weighted by atomic mass is 10.3. The first kappa shape index (κ1) is 15.2. The van der Waals surface area contributed by atoms with Gasteiger partial charge in [-0.25, -0.2) is 17.7 Å². The lowest BCUT2D eigenvalue weighted by Crippen LogP contribution is -2.22. The maximum Gasteiger partial charge on any atom is 0.244 e. The van der Waals surface area contributed by atoms with E-state index in [2.05, 4.69) is 10.3 Å². The second-order valence-corrected chi connectivity index (χ2v) is 6.82. The quantitative estimate of drug-likeness (QED) is 0.811. The Bertz CT molecular complexity index is 474. The molecule has 1 rings (SSSR count). The van der Waals surface area contributed by atoms with Crippen LogP contribution in [0.2, 0.25) is 0 Å². The number of halogens is 1. The number of nitrogens with zero attached hydrogens (tertiary/aromatic N) is 2. The summed E-state index contributed by atoms with van der Waals surface area (Å²) in [6, 6.07) is 3.16. The van der Waals surface area contributed by atoms with E-state index in [1.54, 1.807) is 6.07 Å². The smallest absolute Gasteiger partial charge is 0.244 e. The van der Waals surface area contributed by atoms with Gasteiger partial charge in [0, 0.05) is 26.8 Å². The molecule has 0 saturated heterocycles. The molecule has 0 aliphatic rings. The summed E-state index contributed by atoms with van der Waals surface area (Å²) in [5.74, 6) is 0.617. The van der Waals surface area contributed by atoms with Gasteiger partial charge >= 0.3 is 0 Å². The number of nitrogens with one attached hydrogen (secondary N) is 1. The molecule has 0 radical (unpaired) electrons. The molecular formula is C11H18ClN3O2S. The predicted octanol–water partition coefficient (Wildman–Crippen LogP) is 1.76. The minimum atomic E-state index is -3.41. The van der Waals surface area contributed by atoms with Gasteiger partial charge in [0.25, 0.3) is 0 Å². The zero-order valence-corrected chi connectivity index (χ0v) is 12.3. The molecule has 0 bridgehead atoms. The fourth-order valence-corrected chi connectivity index (χ4v) is 2.13. The Morgan fingerprint density at radius 1 is 1.44 bits per heavy atom. The fourth-order valence-electron chi connectivity index (χ4n) is 1.21. The van der Waals surface area contributed by atoms with Crippen molar-refractivity contribution in [3.8, 4) is 0 Å². The van der Waals surface area contributed by atoms with Crippen molar-refractivity contribution in [3.63, 3.8) is 0 Å². The first-order valence-corrected chi connectivity index (χ1v) is 7.52. The number of aromatic nitrogens is 1. The topological polar surface area (TPSA) is 62.3 Å². The van der Waals surface area contributed by atoms with Crippen LogP contribution in [0.1, 0.15) is 13.3 Å². The van der Waals surface area contributed by atoms with Crippen LogP contribution in [0.3, 0.4) is 0 Å². The Hall–Kier alpha value is -0.850. The van der Waals surface area contributed by atoms with Gasteiger partial charge in [0.15, 0.2) is 0 Å². The van der Waals surface area contributed by atoms with E-state index in [0.29, 0.717) is 12.4 Å². The van der Waals surface area contributed by atoms with Crippen molar-refractivity contribution in [3.05, 3.63) is 18.3 Å². The first-order valence-electron chi connectivity index (χ1n) is 5.64. The van der Waals surface area contributed by atoms with Crippen LogP contribution in [0.4, 0.5) is 5.82 Å². The van der Waals surface area contributed by atoms with E-state index < -0.39 is 10.0 Å². The van der Waals surface area contributed by atoms with Crippen LogP contribution >= 0.6 is 11.6 Å². The highest BCUT2D eigenvalue weighted by atomic mass is 35.5. The summed E-state index contributed by atoms with van der Waals surface area (Å²) >= 11 is 5.97. The average molecular weight is 292 g/mol. The van der Waals surface area contributed by atoms with Crippen molar-refractivity contribution in [2.24, 2.45) is 0 Å². The Balaban J connectivity index is 2.75. The normalized spacial score (nSPS) is 13.6. The molecule has 0 fully saturated rings. The molecule has 1 unspecified atom stereocenters. The van der Waals surface area contributed by atoms with E-state index in [1.165, 1.54) is 26.4 Å². The molecule has 1 aromatic heterocycles. The molecule has 0 saturated carbocycles. The monoisotopic (exact) mass is 291 g/mol. The van der Waals surface area contributed by atoms with Gasteiger partial charge in [-0.15, -0.1) is 11.6 Å². The van der Waals surface area contributed by atoms with Gasteiger partial charge in [-0.05, 0) is 18.6 Å². The third kappa shape index (κ3) is 3.83. The molecule has 7 heteroatoms. The van der Waals surface area contributed by atoms with E-state index in [4.69, 9.17) is 11.6 Å². The fraction of sp³-hybridized carbons (Fsp3) is 0.545. The minimum Gasteiger partial charge on any atom is -0.369 e. The number of anilines is 1. The molecule has 5 nitrogen and oxygen atoms in total. The van der Waals surface area contributed by atoms with E-state index >= 15 is 0 Å². The zero-order valence-electron chi connectivity index (χ0n) is 10.7. The number of hydrogen-bond donors (Lipinski definition) is 1. The molecule has 18 heavy (non-hydrogen) atoms. The third-order valence-corrected chi connectivity index (χ3v) is 4.72. The van der Waals surface area contributed by atoms with E-state index in [-0.39, 0.29) is 10.3 Å². The highest BCUT2D eigenvalue weighted by Crippen LogP contribution is 2.14. The molecule has 1 aromatic rings. The van der Waals surface area contributed by atoms with Gasteiger partial charge in [0.05, 0.1) is 5.38 Å². The number of pyridine rings is 1. The van der Waals surface area contributed by atoms with E-state index in [1.807, 2.05) is 6.92 Å². The van der Waals surface area contributed by atoms with Gasteiger partial charge in [-0.3, -0.25) is 0 Å². The van der Waals surface area contributed by atoms with Gasteiger partial charge < -0.3 is 5.32 Å². The number of alkyl halides is 1. The van der Waals surface area contributed by atoms with Crippen LogP contribution in [0.25, 0.3) is 0 Å². The summed E-state index contributed by atoms with van der Waals surface area (Å²) in [5.41, 5.74) is 0. The summed E-state index contributed by atoms with van der Waals surface area (Å²) in [7, 11) is -0.439. The Kier molecular flexibility index (Phi) is 5.37. The van der Waals surface area contributed by atoms with Crippen molar-refractivity contribution in [1.82, 2.24) is 9.29 Å². The van der Waals surface area contributed by atoms with Crippen LogP contribution in [0.15, 0.2) is 23.2 Å². The SMILES string of the molecule is CCC(Cl)CNc1ccc(S(=O)(=O)N(C)C)cn1. The van der Waals surface area contributed by atoms with E-state index in [0.717, 1.165) is 10.7 Å². The molecule has 1 N–H and O–H groups in total. The van der Waals surface area contributed by atoms with Gasteiger partial charge in [0.1, 0.15) is 10.7 Å². The zero-order chi connectivity index (χ0) is 13.8. The molecular weight excluding hydrogens is 274 g/mol. The Morgan fingerprint density at radius 3 is 2.56 bits per heavy atom. The number of hydrogen-bond acceptors (Lipinski definition) is 4. The summed E-state index contributed by atoms with van der Waals surface area (Å²) < 4.78 is 24.8. The lowest BCUT2D eigenvalue weighted by Gasteiger charge is -2.12. The number of rotatable bonds is 6. The number of sulfonamides is 1. The van der Waals surface area contributed by atoms with Gasteiger partial charge in [-0.1, -0.05) is 6.92 Å². The second-order valence-electron chi connectivity index (χ2n) is 4.05. The Morgan fingerprint density at radius 2 is 2.11 bits per heavy atom. The molecule has 0 amide bonds. The first-order chi connectivity index (χ1) is 8.37. The molecule has 102 valence electrons. The van der Waals surface area contributed by atoms with Crippen molar-refractivity contribution in [1.29, 1.82) is 0 Å². The minimum absolute atomic E-state index is 0.0389. The standard InChI is InChI=1S/C11H18ClN3O2S/c1-4-9(12)7-13-11-6-5-10(8-14-11)18(16,17)15(2)3/h5-6,8-9H,4,7H2,1-3H3,(H,13,14). The molecule has 1 heterocycles. The molecule has 0 aromatic carbocycles. The van der Waals surface area contributed by atoms with Gasteiger partial charge in [0.2, 0.25) is 10.0 Å². The van der Waals surface area contributed by atoms with Crippen molar-refractivity contribution in [2.45, 2.75) is 23.6 Å². The van der Waals surface area contributed by atoms with Crippen LogP contribution in [0, 0.1) is 0 Å². The van der Waals surface area contributed by atoms with Crippen LogP contribution < -0.4 is 5.32 Å². The average Bonchev–Trinajstić information content (AvgIpc) is 2.36. The Labute approximate surface area is 113 Å². The molecule has 0 spiro atoms. The molecule has 0 aliphatic carbocycles. The maximum absolute atomic E-state index is 11.8. The van der Waals surface area contributed by atoms with Crippen molar-refractivity contribution < 1.29 is 8.42 Å².